The lowest BCUT2D eigenvalue weighted by atomic mass is 10.2. The van der Waals surface area contributed by atoms with Gasteiger partial charge in [0.15, 0.2) is 5.76 Å². The molecule has 6 heteroatoms. The Bertz CT molecular complexity index is 265. The molecule has 0 aliphatic rings. The summed E-state index contributed by atoms with van der Waals surface area (Å²) < 4.78 is 4.69. The van der Waals surface area contributed by atoms with Crippen molar-refractivity contribution >= 4 is 0 Å². The molecule has 0 aliphatic carbocycles. The van der Waals surface area contributed by atoms with Crippen LogP contribution in [0.1, 0.15) is 18.3 Å². The summed E-state index contributed by atoms with van der Waals surface area (Å²) in [5, 5.41) is 16.0. The number of rotatable bonds is 4. The fourth-order valence-electron chi connectivity index (χ4n) is 0.765. The van der Waals surface area contributed by atoms with E-state index in [9.17, 15) is 5.11 Å². The third kappa shape index (κ3) is 2.26. The average molecular weight is 168 g/mol. The molecule has 1 aromatic rings. The largest absolute Gasteiger partial charge is 0.385 e. The molecule has 1 rings (SSSR count). The molecule has 0 aliphatic heterocycles. The van der Waals surface area contributed by atoms with Crippen LogP contribution in [0.15, 0.2) is 21.9 Å². The van der Waals surface area contributed by atoms with Gasteiger partial charge in [0.2, 0.25) is 0 Å². The molecule has 0 fully saturated rings. The van der Waals surface area contributed by atoms with Gasteiger partial charge >= 0.3 is 0 Å². The number of hydrogen-bond donors (Lipinski definition) is 1. The Labute approximate surface area is 68.4 Å². The minimum Gasteiger partial charge on any atom is -0.385 e. The molecule has 6 nitrogen and oxygen atoms in total. The molecular formula is C6H8N4O2. The van der Waals surface area contributed by atoms with Gasteiger partial charge in [-0.25, -0.2) is 0 Å². The van der Waals surface area contributed by atoms with Gasteiger partial charge in [-0.05, 0) is 12.0 Å². The van der Waals surface area contributed by atoms with Crippen molar-refractivity contribution in [3.8, 4) is 0 Å². The highest BCUT2D eigenvalue weighted by molar-refractivity contribution is 4.97. The first-order chi connectivity index (χ1) is 5.84. The van der Waals surface area contributed by atoms with E-state index in [-0.39, 0.29) is 6.54 Å². The van der Waals surface area contributed by atoms with Gasteiger partial charge < -0.3 is 9.63 Å². The van der Waals surface area contributed by atoms with E-state index in [1.807, 2.05) is 0 Å². The first-order valence-electron chi connectivity index (χ1n) is 3.44. The summed E-state index contributed by atoms with van der Waals surface area (Å²) in [5.74, 6) is 0.392. The Hall–Kier alpha value is -1.52. The van der Waals surface area contributed by atoms with Crippen LogP contribution in [0.4, 0.5) is 0 Å². The highest BCUT2D eigenvalue weighted by atomic mass is 16.5. The molecule has 0 amide bonds. The van der Waals surface area contributed by atoms with Crippen molar-refractivity contribution in [2.75, 3.05) is 6.54 Å². The Balaban J connectivity index is 2.39. The molecule has 1 atom stereocenters. The second-order valence-corrected chi connectivity index (χ2v) is 2.17. The van der Waals surface area contributed by atoms with Gasteiger partial charge in [0.1, 0.15) is 6.10 Å². The maximum Gasteiger partial charge on any atom is 0.165 e. The topological polar surface area (TPSA) is 95.0 Å². The number of aliphatic hydroxyl groups is 1. The molecule has 1 aromatic heterocycles. The number of hydrogen-bond acceptors (Lipinski definition) is 4. The van der Waals surface area contributed by atoms with Crippen LogP contribution in [-0.4, -0.2) is 16.8 Å². The van der Waals surface area contributed by atoms with Crippen LogP contribution < -0.4 is 0 Å². The lowest BCUT2D eigenvalue weighted by Gasteiger charge is -2.01. The quantitative estimate of drug-likeness (QED) is 0.418. The molecule has 0 saturated heterocycles. The minimum atomic E-state index is -0.738. The molecule has 1 N–H and O–H groups in total. The maximum atomic E-state index is 9.32. The van der Waals surface area contributed by atoms with Gasteiger partial charge in [0.25, 0.3) is 0 Å². The van der Waals surface area contributed by atoms with Crippen molar-refractivity contribution in [2.45, 2.75) is 12.5 Å². The Morgan fingerprint density at radius 2 is 2.67 bits per heavy atom. The molecule has 0 bridgehead atoms. The summed E-state index contributed by atoms with van der Waals surface area (Å²) in [6, 6.07) is 1.57. The van der Waals surface area contributed by atoms with Crippen molar-refractivity contribution in [1.82, 2.24) is 5.16 Å². The summed E-state index contributed by atoms with van der Waals surface area (Å²) in [4.78, 5) is 2.56. The van der Waals surface area contributed by atoms with Crippen LogP contribution in [0.5, 0.6) is 0 Å². The summed E-state index contributed by atoms with van der Waals surface area (Å²) >= 11 is 0. The van der Waals surface area contributed by atoms with Gasteiger partial charge in [0, 0.05) is 17.5 Å². The van der Waals surface area contributed by atoms with Crippen molar-refractivity contribution in [3.05, 3.63) is 28.5 Å². The van der Waals surface area contributed by atoms with Crippen molar-refractivity contribution in [3.63, 3.8) is 0 Å². The normalized spacial score (nSPS) is 12.1. The number of azide groups is 1. The van der Waals surface area contributed by atoms with Gasteiger partial charge in [-0.15, -0.1) is 0 Å². The molecule has 64 valence electrons. The second-order valence-electron chi connectivity index (χ2n) is 2.17. The lowest BCUT2D eigenvalue weighted by Crippen LogP contribution is -1.96. The number of aliphatic hydroxyl groups excluding tert-OH is 1. The van der Waals surface area contributed by atoms with Gasteiger partial charge in [-0.2, -0.15) is 0 Å². The molecule has 1 heterocycles. The second kappa shape index (κ2) is 4.38. The fourth-order valence-corrected chi connectivity index (χ4v) is 0.765. The third-order valence-electron chi connectivity index (χ3n) is 1.35. The number of nitrogens with zero attached hydrogens (tertiary/aromatic N) is 4. The van der Waals surface area contributed by atoms with E-state index in [0.717, 1.165) is 0 Å². The summed E-state index contributed by atoms with van der Waals surface area (Å²) in [6.45, 7) is 0.248. The van der Waals surface area contributed by atoms with Crippen LogP contribution in [0, 0.1) is 0 Å². The van der Waals surface area contributed by atoms with E-state index in [1.165, 1.54) is 6.20 Å². The van der Waals surface area contributed by atoms with Gasteiger partial charge in [0.05, 0.1) is 6.20 Å². The maximum absolute atomic E-state index is 9.32. The molecule has 0 spiro atoms. The zero-order valence-corrected chi connectivity index (χ0v) is 6.29. The fraction of sp³-hybridized carbons (Fsp3) is 0.500. The van der Waals surface area contributed by atoms with Crippen LogP contribution >= 0.6 is 0 Å². The van der Waals surface area contributed by atoms with E-state index in [0.29, 0.717) is 12.2 Å². The van der Waals surface area contributed by atoms with E-state index in [4.69, 9.17) is 10.1 Å². The predicted octanol–water partition coefficient (Wildman–Crippen LogP) is 1.41. The standard InChI is InChI=1S/C6H8N4O2/c7-10-8-3-1-5(11)6-2-4-9-12-6/h2,4-5,11H,1,3H2. The van der Waals surface area contributed by atoms with Crippen LogP contribution in [-0.2, 0) is 0 Å². The molecule has 0 radical (unpaired) electrons. The van der Waals surface area contributed by atoms with Gasteiger partial charge in [-0.1, -0.05) is 10.3 Å². The minimum absolute atomic E-state index is 0.248. The average Bonchev–Trinajstić information content (AvgIpc) is 2.56. The SMILES string of the molecule is [N-]=[N+]=NCCC(O)c1ccno1. The van der Waals surface area contributed by atoms with Gasteiger partial charge in [-0.3, -0.25) is 0 Å². The van der Waals surface area contributed by atoms with E-state index in [2.05, 4.69) is 15.2 Å². The first kappa shape index (κ1) is 8.58. The first-order valence-corrected chi connectivity index (χ1v) is 3.44. The van der Waals surface area contributed by atoms with E-state index < -0.39 is 6.10 Å². The Kier molecular flexibility index (Phi) is 3.13. The molecule has 0 aromatic carbocycles. The van der Waals surface area contributed by atoms with E-state index in [1.54, 1.807) is 6.07 Å². The smallest absolute Gasteiger partial charge is 0.165 e. The monoisotopic (exact) mass is 168 g/mol. The lowest BCUT2D eigenvalue weighted by molar-refractivity contribution is 0.133. The van der Waals surface area contributed by atoms with Crippen molar-refractivity contribution in [1.29, 1.82) is 0 Å². The number of aromatic nitrogens is 1. The summed E-state index contributed by atoms with van der Waals surface area (Å²) in [7, 11) is 0. The Morgan fingerprint density at radius 1 is 1.83 bits per heavy atom. The van der Waals surface area contributed by atoms with Crippen molar-refractivity contribution < 1.29 is 9.63 Å². The zero-order chi connectivity index (χ0) is 8.81. The Morgan fingerprint density at radius 3 is 3.25 bits per heavy atom. The molecule has 1 unspecified atom stereocenters. The van der Waals surface area contributed by atoms with E-state index >= 15 is 0 Å². The van der Waals surface area contributed by atoms with Crippen LogP contribution in [0.25, 0.3) is 10.4 Å². The van der Waals surface area contributed by atoms with Crippen molar-refractivity contribution in [2.24, 2.45) is 5.11 Å². The summed E-state index contributed by atoms with van der Waals surface area (Å²) in [6.07, 6.45) is 1.06. The molecular weight excluding hydrogens is 160 g/mol. The third-order valence-corrected chi connectivity index (χ3v) is 1.35. The van der Waals surface area contributed by atoms with Crippen LogP contribution in [0.3, 0.4) is 0 Å². The van der Waals surface area contributed by atoms with Crippen LogP contribution in [0.2, 0.25) is 0 Å². The zero-order valence-electron chi connectivity index (χ0n) is 6.29. The molecule has 0 saturated carbocycles. The highest BCUT2D eigenvalue weighted by Crippen LogP contribution is 2.14. The highest BCUT2D eigenvalue weighted by Gasteiger charge is 2.09. The summed E-state index contributed by atoms with van der Waals surface area (Å²) in [5.41, 5.74) is 7.95. The predicted molar refractivity (Wildman–Crippen MR) is 40.1 cm³/mol. The molecule has 12 heavy (non-hydrogen) atoms.